The fourth-order valence-electron chi connectivity index (χ4n) is 3.00. The molecule has 1 aliphatic rings. The average molecular weight is 365 g/mol. The van der Waals surface area contributed by atoms with Crippen molar-refractivity contribution < 1.29 is 9.47 Å². The summed E-state index contributed by atoms with van der Waals surface area (Å²) in [6.07, 6.45) is 1.20. The minimum atomic E-state index is 0. The van der Waals surface area contributed by atoms with Crippen molar-refractivity contribution in [3.8, 4) is 11.5 Å². The fraction of sp³-hybridized carbons (Fsp3) is 0.647. The molecule has 2 rings (SSSR count). The molecule has 0 spiro atoms. The van der Waals surface area contributed by atoms with Crippen LogP contribution in [0.2, 0.25) is 0 Å². The molecule has 0 aliphatic carbocycles. The van der Waals surface area contributed by atoms with Crippen LogP contribution in [0.5, 0.6) is 11.5 Å². The van der Waals surface area contributed by atoms with Crippen LogP contribution < -0.4 is 15.2 Å². The van der Waals surface area contributed by atoms with Gasteiger partial charge in [0.1, 0.15) is 11.5 Å². The molecule has 6 heteroatoms. The van der Waals surface area contributed by atoms with E-state index < -0.39 is 0 Å². The van der Waals surface area contributed by atoms with E-state index in [9.17, 15) is 0 Å². The van der Waals surface area contributed by atoms with E-state index in [-0.39, 0.29) is 24.8 Å². The minimum absolute atomic E-state index is 0. The first-order valence-electron chi connectivity index (χ1n) is 8.00. The van der Waals surface area contributed by atoms with Crippen molar-refractivity contribution >= 4 is 24.8 Å². The standard InChI is InChI=1S/C17H28N2O2.2ClH/c1-4-20-16-7-6-15(17(13(16)3)21-5-2)12-19-9-8-14(10-18)11-19;;/h6-7,14H,4-5,8-12,18H2,1-3H3;2*1H. The van der Waals surface area contributed by atoms with Gasteiger partial charge < -0.3 is 15.2 Å². The Morgan fingerprint density at radius 3 is 2.43 bits per heavy atom. The second kappa shape index (κ2) is 11.0. The van der Waals surface area contributed by atoms with Gasteiger partial charge in [0.2, 0.25) is 0 Å². The highest BCUT2D eigenvalue weighted by molar-refractivity contribution is 5.85. The Bertz CT molecular complexity index is 472. The minimum Gasteiger partial charge on any atom is -0.493 e. The Labute approximate surface area is 152 Å². The summed E-state index contributed by atoms with van der Waals surface area (Å²) >= 11 is 0. The maximum atomic E-state index is 5.89. The van der Waals surface area contributed by atoms with Gasteiger partial charge in [0.15, 0.2) is 0 Å². The molecule has 0 radical (unpaired) electrons. The number of benzene rings is 1. The molecule has 1 fully saturated rings. The van der Waals surface area contributed by atoms with Gasteiger partial charge in [-0.15, -0.1) is 24.8 Å². The van der Waals surface area contributed by atoms with E-state index in [1.54, 1.807) is 0 Å². The van der Waals surface area contributed by atoms with Crippen molar-refractivity contribution in [2.45, 2.75) is 33.7 Å². The topological polar surface area (TPSA) is 47.7 Å². The maximum Gasteiger partial charge on any atom is 0.130 e. The third-order valence-electron chi connectivity index (χ3n) is 4.12. The van der Waals surface area contributed by atoms with Crippen LogP contribution in [0.4, 0.5) is 0 Å². The molecule has 1 unspecified atom stereocenters. The molecule has 1 aromatic carbocycles. The highest BCUT2D eigenvalue weighted by atomic mass is 35.5. The molecule has 1 aromatic rings. The van der Waals surface area contributed by atoms with Gasteiger partial charge in [0.25, 0.3) is 0 Å². The summed E-state index contributed by atoms with van der Waals surface area (Å²) in [6, 6.07) is 4.20. The second-order valence-electron chi connectivity index (χ2n) is 5.67. The molecule has 2 N–H and O–H groups in total. The van der Waals surface area contributed by atoms with Gasteiger partial charge in [-0.25, -0.2) is 0 Å². The highest BCUT2D eigenvalue weighted by Gasteiger charge is 2.23. The second-order valence-corrected chi connectivity index (χ2v) is 5.67. The zero-order chi connectivity index (χ0) is 15.2. The molecular weight excluding hydrogens is 335 g/mol. The van der Waals surface area contributed by atoms with E-state index >= 15 is 0 Å². The summed E-state index contributed by atoms with van der Waals surface area (Å²) < 4.78 is 11.6. The van der Waals surface area contributed by atoms with E-state index in [2.05, 4.69) is 24.0 Å². The van der Waals surface area contributed by atoms with E-state index in [0.29, 0.717) is 19.1 Å². The zero-order valence-corrected chi connectivity index (χ0v) is 16.0. The third-order valence-corrected chi connectivity index (χ3v) is 4.12. The first-order chi connectivity index (χ1) is 10.2. The molecule has 0 bridgehead atoms. The Hall–Kier alpha value is -0.680. The highest BCUT2D eigenvalue weighted by Crippen LogP contribution is 2.33. The van der Waals surface area contributed by atoms with Gasteiger partial charge in [-0.3, -0.25) is 4.90 Å². The lowest BCUT2D eigenvalue weighted by molar-refractivity contribution is 0.291. The lowest BCUT2D eigenvalue weighted by Crippen LogP contribution is -2.23. The normalized spacial score (nSPS) is 17.3. The van der Waals surface area contributed by atoms with Crippen molar-refractivity contribution in [1.29, 1.82) is 0 Å². The number of nitrogens with two attached hydrogens (primary N) is 1. The van der Waals surface area contributed by atoms with Crippen molar-refractivity contribution in [3.05, 3.63) is 23.3 Å². The van der Waals surface area contributed by atoms with Crippen LogP contribution in [0.25, 0.3) is 0 Å². The van der Waals surface area contributed by atoms with Crippen LogP contribution in [-0.2, 0) is 6.54 Å². The number of likely N-dealkylation sites (tertiary alicyclic amines) is 1. The van der Waals surface area contributed by atoms with Gasteiger partial charge in [0.05, 0.1) is 13.2 Å². The summed E-state index contributed by atoms with van der Waals surface area (Å²) in [6.45, 7) is 11.4. The lowest BCUT2D eigenvalue weighted by Gasteiger charge is -2.21. The molecule has 0 amide bonds. The Balaban J connectivity index is 0.00000242. The van der Waals surface area contributed by atoms with Crippen LogP contribution in [0, 0.1) is 12.8 Å². The van der Waals surface area contributed by atoms with E-state index in [1.165, 1.54) is 12.0 Å². The predicted molar refractivity (Wildman–Crippen MR) is 100 cm³/mol. The van der Waals surface area contributed by atoms with Crippen LogP contribution in [0.1, 0.15) is 31.4 Å². The van der Waals surface area contributed by atoms with Gasteiger partial charge in [-0.1, -0.05) is 6.07 Å². The van der Waals surface area contributed by atoms with Gasteiger partial charge in [-0.2, -0.15) is 0 Å². The van der Waals surface area contributed by atoms with Crippen molar-refractivity contribution in [2.24, 2.45) is 11.7 Å². The molecule has 4 nitrogen and oxygen atoms in total. The third kappa shape index (κ3) is 5.71. The molecule has 1 atom stereocenters. The fourth-order valence-corrected chi connectivity index (χ4v) is 3.00. The quantitative estimate of drug-likeness (QED) is 0.804. The number of nitrogens with zero attached hydrogens (tertiary/aromatic N) is 1. The first-order valence-corrected chi connectivity index (χ1v) is 8.00. The number of hydrogen-bond acceptors (Lipinski definition) is 4. The summed E-state index contributed by atoms with van der Waals surface area (Å²) in [5.41, 5.74) is 8.12. The molecule has 23 heavy (non-hydrogen) atoms. The largest absolute Gasteiger partial charge is 0.493 e. The molecule has 1 heterocycles. The summed E-state index contributed by atoms with van der Waals surface area (Å²) in [5, 5.41) is 0. The van der Waals surface area contributed by atoms with Gasteiger partial charge >= 0.3 is 0 Å². The van der Waals surface area contributed by atoms with E-state index in [0.717, 1.165) is 43.2 Å². The molecule has 1 aliphatic heterocycles. The number of halogens is 2. The monoisotopic (exact) mass is 364 g/mol. The molecular formula is C17H30Cl2N2O2. The molecule has 1 saturated heterocycles. The van der Waals surface area contributed by atoms with Crippen molar-refractivity contribution in [3.63, 3.8) is 0 Å². The van der Waals surface area contributed by atoms with Crippen LogP contribution in [0.3, 0.4) is 0 Å². The Morgan fingerprint density at radius 1 is 1.17 bits per heavy atom. The van der Waals surface area contributed by atoms with E-state index in [1.807, 2.05) is 13.8 Å². The lowest BCUT2D eigenvalue weighted by atomic mass is 10.1. The molecule has 134 valence electrons. The smallest absolute Gasteiger partial charge is 0.130 e. The zero-order valence-electron chi connectivity index (χ0n) is 14.3. The van der Waals surface area contributed by atoms with Crippen LogP contribution in [0.15, 0.2) is 12.1 Å². The number of ether oxygens (including phenoxy) is 2. The number of hydrogen-bond donors (Lipinski definition) is 1. The van der Waals surface area contributed by atoms with Gasteiger partial charge in [-0.05, 0) is 52.3 Å². The van der Waals surface area contributed by atoms with Crippen molar-refractivity contribution in [2.75, 3.05) is 32.8 Å². The summed E-state index contributed by atoms with van der Waals surface area (Å²) in [4.78, 5) is 2.47. The SMILES string of the molecule is CCOc1ccc(CN2CCC(CN)C2)c(OCC)c1C.Cl.Cl. The van der Waals surface area contributed by atoms with Crippen molar-refractivity contribution in [1.82, 2.24) is 4.90 Å². The van der Waals surface area contributed by atoms with Gasteiger partial charge in [0, 0.05) is 24.2 Å². The summed E-state index contributed by atoms with van der Waals surface area (Å²) in [7, 11) is 0. The van der Waals surface area contributed by atoms with Crippen LogP contribution >= 0.6 is 24.8 Å². The average Bonchev–Trinajstić information content (AvgIpc) is 2.93. The Kier molecular flexibility index (Phi) is 10.7. The maximum absolute atomic E-state index is 5.89. The Morgan fingerprint density at radius 2 is 1.87 bits per heavy atom. The summed E-state index contributed by atoms with van der Waals surface area (Å²) in [5.74, 6) is 2.55. The first kappa shape index (κ1) is 22.3. The predicted octanol–water partition coefficient (Wildman–Crippen LogP) is 3.42. The molecule has 0 aromatic heterocycles. The van der Waals surface area contributed by atoms with E-state index in [4.69, 9.17) is 15.2 Å². The number of rotatable bonds is 7. The van der Waals surface area contributed by atoms with Crippen LogP contribution in [-0.4, -0.2) is 37.7 Å². The molecule has 0 saturated carbocycles.